The number of esters is 1. The van der Waals surface area contributed by atoms with E-state index in [2.05, 4.69) is 0 Å². The van der Waals surface area contributed by atoms with Crippen molar-refractivity contribution in [1.82, 2.24) is 9.80 Å². The van der Waals surface area contributed by atoms with Gasteiger partial charge in [0.25, 0.3) is 0 Å². The van der Waals surface area contributed by atoms with Gasteiger partial charge in [-0.1, -0.05) is 0 Å². The molecule has 7 heteroatoms. The van der Waals surface area contributed by atoms with E-state index in [0.29, 0.717) is 26.2 Å². The summed E-state index contributed by atoms with van der Waals surface area (Å²) in [6.07, 6.45) is 0.263. The van der Waals surface area contributed by atoms with E-state index < -0.39 is 5.97 Å². The van der Waals surface area contributed by atoms with Crippen LogP contribution in [0.3, 0.4) is 0 Å². The van der Waals surface area contributed by atoms with E-state index in [4.69, 9.17) is 9.84 Å². The van der Waals surface area contributed by atoms with Crippen LogP contribution in [0.4, 0.5) is 4.79 Å². The molecule has 0 aromatic heterocycles. The highest BCUT2D eigenvalue weighted by molar-refractivity contribution is 5.76. The summed E-state index contributed by atoms with van der Waals surface area (Å²) in [6.45, 7) is 3.30. The summed E-state index contributed by atoms with van der Waals surface area (Å²) in [5.74, 6) is -1.12. The Hall–Kier alpha value is -1.79. The van der Waals surface area contributed by atoms with Crippen molar-refractivity contribution in [2.24, 2.45) is 5.92 Å². The van der Waals surface area contributed by atoms with E-state index in [-0.39, 0.29) is 30.8 Å². The molecule has 1 heterocycles. The molecule has 7 nitrogen and oxygen atoms in total. The van der Waals surface area contributed by atoms with Crippen molar-refractivity contribution in [2.75, 3.05) is 33.3 Å². The Morgan fingerprint density at radius 3 is 2.53 bits per heavy atom. The van der Waals surface area contributed by atoms with Crippen LogP contribution >= 0.6 is 0 Å². The molecule has 108 valence electrons. The molecule has 0 radical (unpaired) electrons. The van der Waals surface area contributed by atoms with E-state index in [1.807, 2.05) is 0 Å². The zero-order valence-electron chi connectivity index (χ0n) is 11.3. The molecule has 1 N–H and O–H groups in total. The molecule has 1 aliphatic rings. The van der Waals surface area contributed by atoms with Gasteiger partial charge in [0, 0.05) is 32.6 Å². The molecule has 2 amide bonds. The minimum absolute atomic E-state index is 0.0416. The van der Waals surface area contributed by atoms with E-state index >= 15 is 0 Å². The number of rotatable bonds is 6. The highest BCUT2D eigenvalue weighted by Crippen LogP contribution is 2.20. The van der Waals surface area contributed by atoms with Crippen LogP contribution in [0.5, 0.6) is 0 Å². The van der Waals surface area contributed by atoms with E-state index in [1.54, 1.807) is 18.9 Å². The van der Waals surface area contributed by atoms with Gasteiger partial charge in [-0.05, 0) is 6.92 Å². The Labute approximate surface area is 112 Å². The van der Waals surface area contributed by atoms with Crippen LogP contribution < -0.4 is 0 Å². The fourth-order valence-corrected chi connectivity index (χ4v) is 1.93. The smallest absolute Gasteiger partial charge is 0.319 e. The second-order valence-electron chi connectivity index (χ2n) is 4.63. The van der Waals surface area contributed by atoms with Crippen molar-refractivity contribution >= 4 is 18.0 Å². The number of aliphatic carboxylic acids is 1. The molecule has 0 bridgehead atoms. The highest BCUT2D eigenvalue weighted by Gasteiger charge is 2.33. The average molecular weight is 272 g/mol. The monoisotopic (exact) mass is 272 g/mol. The second kappa shape index (κ2) is 6.96. The first-order chi connectivity index (χ1) is 8.93. The van der Waals surface area contributed by atoms with Crippen LogP contribution in [-0.2, 0) is 14.3 Å². The summed E-state index contributed by atoms with van der Waals surface area (Å²) < 4.78 is 4.78. The SMILES string of the molecule is CCOC(=O)CCN(C)C(=O)N1CC(CC(=O)O)C1. The van der Waals surface area contributed by atoms with Crippen molar-refractivity contribution in [3.8, 4) is 0 Å². The maximum Gasteiger partial charge on any atom is 0.319 e. The fourth-order valence-electron chi connectivity index (χ4n) is 1.93. The molecule has 0 aromatic carbocycles. The number of nitrogens with zero attached hydrogens (tertiary/aromatic N) is 2. The van der Waals surface area contributed by atoms with Gasteiger partial charge in [0.15, 0.2) is 0 Å². The van der Waals surface area contributed by atoms with Crippen LogP contribution in [-0.4, -0.2) is 66.2 Å². The molecular formula is C12H20N2O5. The quantitative estimate of drug-likeness (QED) is 0.707. The summed E-state index contributed by atoms with van der Waals surface area (Å²) in [7, 11) is 1.62. The van der Waals surface area contributed by atoms with Crippen molar-refractivity contribution < 1.29 is 24.2 Å². The van der Waals surface area contributed by atoms with Gasteiger partial charge < -0.3 is 19.6 Å². The number of carboxylic acid groups (broad SMARTS) is 1. The number of likely N-dealkylation sites (tertiary alicyclic amines) is 1. The van der Waals surface area contributed by atoms with Gasteiger partial charge in [0.05, 0.1) is 19.4 Å². The van der Waals surface area contributed by atoms with Crippen LogP contribution in [0.25, 0.3) is 0 Å². The third kappa shape index (κ3) is 4.76. The minimum Gasteiger partial charge on any atom is -0.481 e. The Morgan fingerprint density at radius 1 is 1.37 bits per heavy atom. The van der Waals surface area contributed by atoms with E-state index in [9.17, 15) is 14.4 Å². The summed E-state index contributed by atoms with van der Waals surface area (Å²) >= 11 is 0. The van der Waals surface area contributed by atoms with Gasteiger partial charge >= 0.3 is 18.0 Å². The second-order valence-corrected chi connectivity index (χ2v) is 4.63. The molecule has 0 atom stereocenters. The minimum atomic E-state index is -0.840. The predicted octanol–water partition coefficient (Wildman–Crippen LogP) is 0.398. The van der Waals surface area contributed by atoms with Crippen LogP contribution in [0.2, 0.25) is 0 Å². The third-order valence-electron chi connectivity index (χ3n) is 2.97. The van der Waals surface area contributed by atoms with Gasteiger partial charge in [-0.15, -0.1) is 0 Å². The molecule has 0 spiro atoms. The van der Waals surface area contributed by atoms with Gasteiger partial charge in [0.1, 0.15) is 0 Å². The number of hydrogen-bond donors (Lipinski definition) is 1. The first-order valence-electron chi connectivity index (χ1n) is 6.31. The van der Waals surface area contributed by atoms with Gasteiger partial charge in [-0.3, -0.25) is 9.59 Å². The molecular weight excluding hydrogens is 252 g/mol. The molecule has 0 unspecified atom stereocenters. The zero-order valence-corrected chi connectivity index (χ0v) is 11.3. The Bertz CT molecular complexity index is 352. The zero-order chi connectivity index (χ0) is 14.4. The summed E-state index contributed by atoms with van der Waals surface area (Å²) in [4.78, 5) is 36.6. The first-order valence-corrected chi connectivity index (χ1v) is 6.31. The Balaban J connectivity index is 2.23. The summed E-state index contributed by atoms with van der Waals surface area (Å²) in [5.41, 5.74) is 0. The molecule has 0 aliphatic carbocycles. The topological polar surface area (TPSA) is 87.2 Å². The van der Waals surface area contributed by atoms with Gasteiger partial charge in [0.2, 0.25) is 0 Å². The molecule has 1 rings (SSSR count). The predicted molar refractivity (Wildman–Crippen MR) is 66.6 cm³/mol. The number of ether oxygens (including phenoxy) is 1. The molecule has 19 heavy (non-hydrogen) atoms. The molecule has 0 saturated carbocycles. The molecule has 1 saturated heterocycles. The number of amides is 2. The lowest BCUT2D eigenvalue weighted by Gasteiger charge is -2.40. The normalized spacial score (nSPS) is 14.7. The van der Waals surface area contributed by atoms with Gasteiger partial charge in [-0.2, -0.15) is 0 Å². The number of carbonyl (C=O) groups is 3. The maximum absolute atomic E-state index is 11.9. The van der Waals surface area contributed by atoms with Crippen LogP contribution in [0.15, 0.2) is 0 Å². The maximum atomic E-state index is 11.9. The van der Waals surface area contributed by atoms with Gasteiger partial charge in [-0.25, -0.2) is 4.79 Å². The highest BCUT2D eigenvalue weighted by atomic mass is 16.5. The summed E-state index contributed by atoms with van der Waals surface area (Å²) in [6, 6.07) is -0.175. The standard InChI is InChI=1S/C12H20N2O5/c1-3-19-11(17)4-5-13(2)12(18)14-7-9(8-14)6-10(15)16/h9H,3-8H2,1-2H3,(H,15,16). The molecule has 0 aromatic rings. The van der Waals surface area contributed by atoms with E-state index in [1.165, 1.54) is 4.90 Å². The summed E-state index contributed by atoms with van der Waals surface area (Å²) in [5, 5.41) is 8.61. The number of urea groups is 1. The van der Waals surface area contributed by atoms with Crippen molar-refractivity contribution in [1.29, 1.82) is 0 Å². The van der Waals surface area contributed by atoms with Crippen molar-refractivity contribution in [3.05, 3.63) is 0 Å². The van der Waals surface area contributed by atoms with Crippen molar-refractivity contribution in [3.63, 3.8) is 0 Å². The third-order valence-corrected chi connectivity index (χ3v) is 2.97. The van der Waals surface area contributed by atoms with Crippen molar-refractivity contribution in [2.45, 2.75) is 19.8 Å². The lowest BCUT2D eigenvalue weighted by molar-refractivity contribution is -0.143. The molecule has 1 aliphatic heterocycles. The Morgan fingerprint density at radius 2 is 2.00 bits per heavy atom. The Kier molecular flexibility index (Phi) is 5.59. The number of carboxylic acids is 1. The van der Waals surface area contributed by atoms with Crippen LogP contribution in [0.1, 0.15) is 19.8 Å². The first kappa shape index (κ1) is 15.3. The van der Waals surface area contributed by atoms with E-state index in [0.717, 1.165) is 0 Å². The lowest BCUT2D eigenvalue weighted by atomic mass is 9.97. The largest absolute Gasteiger partial charge is 0.481 e. The lowest BCUT2D eigenvalue weighted by Crippen LogP contribution is -2.54. The fraction of sp³-hybridized carbons (Fsp3) is 0.750. The molecule has 1 fully saturated rings. The number of hydrogen-bond acceptors (Lipinski definition) is 4. The number of carbonyl (C=O) groups excluding carboxylic acids is 2. The average Bonchev–Trinajstić information content (AvgIpc) is 2.29. The van der Waals surface area contributed by atoms with Crippen LogP contribution in [0, 0.1) is 5.92 Å².